The Balaban J connectivity index is 2.10. The second-order valence-corrected chi connectivity index (χ2v) is 4.61. The predicted molar refractivity (Wildman–Crippen MR) is 68.9 cm³/mol. The molecule has 1 aliphatic heterocycles. The van der Waals surface area contributed by atoms with Crippen LogP contribution in [0.1, 0.15) is 22.7 Å². The average molecular weight is 224 g/mol. The largest absolute Gasteiger partial charge is 0.295 e. The number of rotatable bonds is 1. The number of hydrogen-bond acceptors (Lipinski definition) is 2. The van der Waals surface area contributed by atoms with E-state index in [-0.39, 0.29) is 0 Å². The van der Waals surface area contributed by atoms with Gasteiger partial charge >= 0.3 is 0 Å². The van der Waals surface area contributed by atoms with Gasteiger partial charge in [-0.1, -0.05) is 24.3 Å². The van der Waals surface area contributed by atoms with Crippen LogP contribution < -0.4 is 0 Å². The molecule has 0 saturated heterocycles. The highest BCUT2D eigenvalue weighted by Crippen LogP contribution is 2.33. The summed E-state index contributed by atoms with van der Waals surface area (Å²) < 4.78 is 0. The summed E-state index contributed by atoms with van der Waals surface area (Å²) in [5.74, 6) is 0. The van der Waals surface area contributed by atoms with Gasteiger partial charge in [0.2, 0.25) is 0 Å². The lowest BCUT2D eigenvalue weighted by molar-refractivity contribution is 0.264. The van der Waals surface area contributed by atoms with E-state index in [4.69, 9.17) is 0 Å². The molecule has 86 valence electrons. The topological polar surface area (TPSA) is 16.1 Å². The maximum Gasteiger partial charge on any atom is 0.0603 e. The summed E-state index contributed by atoms with van der Waals surface area (Å²) in [4.78, 5) is 6.52. The van der Waals surface area contributed by atoms with Gasteiger partial charge in [0.05, 0.1) is 6.04 Å². The van der Waals surface area contributed by atoms with Gasteiger partial charge in [0.1, 0.15) is 0 Å². The van der Waals surface area contributed by atoms with Crippen molar-refractivity contribution in [3.05, 3.63) is 65.5 Å². The molecule has 1 unspecified atom stereocenters. The molecule has 0 bridgehead atoms. The third kappa shape index (κ3) is 1.85. The summed E-state index contributed by atoms with van der Waals surface area (Å²) in [7, 11) is 2.20. The van der Waals surface area contributed by atoms with Gasteiger partial charge in [-0.3, -0.25) is 9.88 Å². The SMILES string of the molecule is CN1CCc2ccccc2C1c1ccncc1. The number of benzene rings is 1. The minimum atomic E-state index is 0.378. The monoisotopic (exact) mass is 224 g/mol. The first-order valence-electron chi connectivity index (χ1n) is 6.04. The molecule has 0 fully saturated rings. The standard InChI is InChI=1S/C15H16N2/c1-17-11-8-12-4-2-3-5-14(12)15(17)13-6-9-16-10-7-13/h2-7,9-10,15H,8,11H2,1H3. The number of nitrogens with zero attached hydrogens (tertiary/aromatic N) is 2. The van der Waals surface area contributed by atoms with Gasteiger partial charge in [0.25, 0.3) is 0 Å². The van der Waals surface area contributed by atoms with Crippen molar-refractivity contribution in [2.75, 3.05) is 13.6 Å². The lowest BCUT2D eigenvalue weighted by atomic mass is 9.89. The van der Waals surface area contributed by atoms with Crippen LogP contribution in [0.3, 0.4) is 0 Å². The van der Waals surface area contributed by atoms with Gasteiger partial charge in [-0.05, 0) is 42.3 Å². The molecule has 2 heterocycles. The van der Waals surface area contributed by atoms with Crippen LogP contribution in [0.25, 0.3) is 0 Å². The Hall–Kier alpha value is -1.67. The van der Waals surface area contributed by atoms with Crippen LogP contribution in [0.15, 0.2) is 48.8 Å². The van der Waals surface area contributed by atoms with Crippen LogP contribution in [0.4, 0.5) is 0 Å². The Bertz CT molecular complexity index is 507. The summed E-state index contributed by atoms with van der Waals surface area (Å²) in [5.41, 5.74) is 4.24. The second kappa shape index (κ2) is 4.30. The Morgan fingerprint density at radius 1 is 1.12 bits per heavy atom. The van der Waals surface area contributed by atoms with E-state index in [1.807, 2.05) is 12.4 Å². The highest BCUT2D eigenvalue weighted by atomic mass is 15.1. The van der Waals surface area contributed by atoms with Crippen molar-refractivity contribution >= 4 is 0 Å². The van der Waals surface area contributed by atoms with Crippen molar-refractivity contribution in [1.82, 2.24) is 9.88 Å². The minimum absolute atomic E-state index is 0.378. The summed E-state index contributed by atoms with van der Waals surface area (Å²) in [6, 6.07) is 13.4. The molecule has 0 spiro atoms. The van der Waals surface area contributed by atoms with E-state index in [9.17, 15) is 0 Å². The summed E-state index contributed by atoms with van der Waals surface area (Å²) in [6.45, 7) is 1.12. The lowest BCUT2D eigenvalue weighted by Gasteiger charge is -2.34. The zero-order chi connectivity index (χ0) is 11.7. The quantitative estimate of drug-likeness (QED) is 0.740. The first-order valence-corrected chi connectivity index (χ1v) is 6.04. The first kappa shape index (κ1) is 10.5. The molecule has 1 aromatic heterocycles. The summed E-state index contributed by atoms with van der Waals surface area (Å²) in [5, 5.41) is 0. The highest BCUT2D eigenvalue weighted by Gasteiger charge is 2.25. The van der Waals surface area contributed by atoms with Gasteiger partial charge in [-0.15, -0.1) is 0 Å². The normalized spacial score (nSPS) is 19.9. The molecule has 1 aliphatic rings. The predicted octanol–water partition coefficient (Wildman–Crippen LogP) is 2.66. The van der Waals surface area contributed by atoms with Gasteiger partial charge < -0.3 is 0 Å². The van der Waals surface area contributed by atoms with E-state index < -0.39 is 0 Å². The average Bonchev–Trinajstić information content (AvgIpc) is 2.39. The van der Waals surface area contributed by atoms with E-state index >= 15 is 0 Å². The third-order valence-corrected chi connectivity index (χ3v) is 3.55. The Morgan fingerprint density at radius 2 is 1.88 bits per heavy atom. The molecule has 1 aromatic carbocycles. The lowest BCUT2D eigenvalue weighted by Crippen LogP contribution is -2.32. The van der Waals surface area contributed by atoms with E-state index in [1.165, 1.54) is 16.7 Å². The molecular weight excluding hydrogens is 208 g/mol. The van der Waals surface area contributed by atoms with Crippen molar-refractivity contribution in [1.29, 1.82) is 0 Å². The van der Waals surface area contributed by atoms with Gasteiger partial charge in [0.15, 0.2) is 0 Å². The van der Waals surface area contributed by atoms with E-state index in [2.05, 4.69) is 53.3 Å². The number of aromatic nitrogens is 1. The van der Waals surface area contributed by atoms with Crippen LogP contribution in [-0.2, 0) is 6.42 Å². The molecule has 0 radical (unpaired) electrons. The van der Waals surface area contributed by atoms with Crippen molar-refractivity contribution in [2.45, 2.75) is 12.5 Å². The molecule has 0 aliphatic carbocycles. The zero-order valence-electron chi connectivity index (χ0n) is 10.0. The Morgan fingerprint density at radius 3 is 2.71 bits per heavy atom. The second-order valence-electron chi connectivity index (χ2n) is 4.61. The van der Waals surface area contributed by atoms with Crippen LogP contribution in [0, 0.1) is 0 Å². The molecule has 1 atom stereocenters. The van der Waals surface area contributed by atoms with Gasteiger partial charge in [-0.2, -0.15) is 0 Å². The fourth-order valence-electron chi connectivity index (χ4n) is 2.67. The summed E-state index contributed by atoms with van der Waals surface area (Å²) in [6.07, 6.45) is 4.90. The van der Waals surface area contributed by atoms with Crippen LogP contribution in [-0.4, -0.2) is 23.5 Å². The van der Waals surface area contributed by atoms with E-state index in [0.29, 0.717) is 6.04 Å². The van der Waals surface area contributed by atoms with Crippen molar-refractivity contribution in [3.8, 4) is 0 Å². The van der Waals surface area contributed by atoms with E-state index in [1.54, 1.807) is 0 Å². The molecular formula is C15H16N2. The number of pyridine rings is 1. The third-order valence-electron chi connectivity index (χ3n) is 3.55. The van der Waals surface area contributed by atoms with Gasteiger partial charge in [0, 0.05) is 18.9 Å². The first-order chi connectivity index (χ1) is 8.36. The smallest absolute Gasteiger partial charge is 0.0603 e. The molecule has 2 heteroatoms. The van der Waals surface area contributed by atoms with Crippen molar-refractivity contribution in [3.63, 3.8) is 0 Å². The van der Waals surface area contributed by atoms with Crippen molar-refractivity contribution in [2.24, 2.45) is 0 Å². The van der Waals surface area contributed by atoms with Gasteiger partial charge in [-0.25, -0.2) is 0 Å². The molecule has 0 amide bonds. The molecule has 2 aromatic rings. The van der Waals surface area contributed by atoms with Crippen LogP contribution >= 0.6 is 0 Å². The highest BCUT2D eigenvalue weighted by molar-refractivity contribution is 5.38. The van der Waals surface area contributed by atoms with Crippen molar-refractivity contribution < 1.29 is 0 Å². The molecule has 0 N–H and O–H groups in total. The Labute approximate surface area is 102 Å². The maximum atomic E-state index is 4.10. The zero-order valence-corrected chi connectivity index (χ0v) is 10.0. The van der Waals surface area contributed by atoms with E-state index in [0.717, 1.165) is 13.0 Å². The number of hydrogen-bond donors (Lipinski definition) is 0. The fraction of sp³-hybridized carbons (Fsp3) is 0.267. The fourth-order valence-corrected chi connectivity index (χ4v) is 2.67. The van der Waals surface area contributed by atoms with Crippen LogP contribution in [0.5, 0.6) is 0 Å². The maximum absolute atomic E-state index is 4.10. The van der Waals surface area contributed by atoms with Crippen LogP contribution in [0.2, 0.25) is 0 Å². The molecule has 0 saturated carbocycles. The molecule has 3 rings (SSSR count). The molecule has 17 heavy (non-hydrogen) atoms. The number of likely N-dealkylation sites (N-methyl/N-ethyl adjacent to an activating group) is 1. The molecule has 2 nitrogen and oxygen atoms in total. The number of fused-ring (bicyclic) bond motifs is 1. The summed E-state index contributed by atoms with van der Waals surface area (Å²) >= 11 is 0. The Kier molecular flexibility index (Phi) is 2.65. The minimum Gasteiger partial charge on any atom is -0.295 e.